The molecule has 3 aliphatic heterocycles. The number of anilines is 2. The highest BCUT2D eigenvalue weighted by Gasteiger charge is 2.49. The monoisotopic (exact) mass is 624 g/mol. The van der Waals surface area contributed by atoms with E-state index >= 15 is 4.39 Å². The number of nitrogens with two attached hydrogens (primary N) is 1. The van der Waals surface area contributed by atoms with Crippen LogP contribution in [0.15, 0.2) is 18.2 Å². The van der Waals surface area contributed by atoms with Crippen LogP contribution in [0.3, 0.4) is 0 Å². The Labute approximate surface area is 245 Å². The van der Waals surface area contributed by atoms with E-state index in [9.17, 15) is 27.1 Å². The second-order valence-corrected chi connectivity index (χ2v) is 12.4. The molecule has 0 radical (unpaired) electrons. The maximum absolute atomic E-state index is 16.6. The van der Waals surface area contributed by atoms with Gasteiger partial charge in [0.1, 0.15) is 29.9 Å². The molecule has 3 saturated heterocycles. The van der Waals surface area contributed by atoms with Crippen molar-refractivity contribution in [3.8, 4) is 17.1 Å². The minimum Gasteiger partial charge on any atom is -0.461 e. The molecule has 0 bridgehead atoms. The Bertz CT molecular complexity index is 1750. The molecule has 0 aliphatic carbocycles. The van der Waals surface area contributed by atoms with Crippen LogP contribution in [0.2, 0.25) is 0 Å². The lowest BCUT2D eigenvalue weighted by Gasteiger charge is -2.41. The van der Waals surface area contributed by atoms with Crippen molar-refractivity contribution in [3.63, 3.8) is 0 Å². The second kappa shape index (κ2) is 10.1. The number of hydrogen-bond acceptors (Lipinski definition) is 9. The Morgan fingerprint density at radius 2 is 1.95 bits per heavy atom. The van der Waals surface area contributed by atoms with E-state index in [4.69, 9.17) is 10.5 Å². The number of nitrogens with zero attached hydrogens (tertiary/aromatic N) is 5. The third-order valence-electron chi connectivity index (χ3n) is 8.83. The topological polar surface area (TPSA) is 101 Å². The van der Waals surface area contributed by atoms with Gasteiger partial charge in [-0.2, -0.15) is 23.1 Å². The summed E-state index contributed by atoms with van der Waals surface area (Å²) in [5.41, 5.74) is 2.05. The summed E-state index contributed by atoms with van der Waals surface area (Å²) in [6.45, 7) is 1.09. The Morgan fingerprint density at radius 1 is 1.14 bits per heavy atom. The van der Waals surface area contributed by atoms with E-state index in [0.717, 1.165) is 36.0 Å². The van der Waals surface area contributed by atoms with Crippen molar-refractivity contribution in [2.45, 2.75) is 49.6 Å². The molecule has 0 amide bonds. The number of thiazole rings is 1. The highest BCUT2D eigenvalue weighted by atomic mass is 32.1. The molecule has 0 spiro atoms. The zero-order valence-electron chi connectivity index (χ0n) is 22.6. The van der Waals surface area contributed by atoms with Crippen LogP contribution in [-0.4, -0.2) is 75.6 Å². The molecule has 2 aromatic carbocycles. The SMILES string of the molecule is Nc1nc2c(-c3c(C(F)(F)F)cc4c(N5CC[C@@H]5CO)nc(OC[C@@]56CCCN5C[C@H](F)C6)nc4c3F)ccc(F)c2s1. The lowest BCUT2D eigenvalue weighted by molar-refractivity contribution is -0.137. The fourth-order valence-electron chi connectivity index (χ4n) is 6.71. The van der Waals surface area contributed by atoms with Crippen LogP contribution < -0.4 is 15.4 Å². The van der Waals surface area contributed by atoms with E-state index in [0.29, 0.717) is 25.9 Å². The minimum atomic E-state index is -5.03. The molecule has 5 heterocycles. The fourth-order valence-corrected chi connectivity index (χ4v) is 7.48. The molecule has 7 rings (SSSR count). The van der Waals surface area contributed by atoms with Crippen LogP contribution in [0.4, 0.5) is 37.3 Å². The van der Waals surface area contributed by atoms with Gasteiger partial charge in [0.05, 0.1) is 34.0 Å². The molecule has 0 saturated carbocycles. The summed E-state index contributed by atoms with van der Waals surface area (Å²) in [4.78, 5) is 16.2. The van der Waals surface area contributed by atoms with Gasteiger partial charge in [0.2, 0.25) is 0 Å². The van der Waals surface area contributed by atoms with E-state index in [1.165, 1.54) is 0 Å². The summed E-state index contributed by atoms with van der Waals surface area (Å²) in [6.07, 6.45) is -3.68. The molecule has 2 aromatic heterocycles. The van der Waals surface area contributed by atoms with Crippen molar-refractivity contribution < 1.29 is 36.2 Å². The summed E-state index contributed by atoms with van der Waals surface area (Å²) < 4.78 is 95.1. The quantitative estimate of drug-likeness (QED) is 0.279. The normalized spacial score (nSPS) is 24.2. The first-order chi connectivity index (χ1) is 20.5. The molecule has 0 unspecified atom stereocenters. The number of aromatic nitrogens is 3. The standard InChI is InChI=1S/C28H26F6N6O2S/c29-13-9-27(5-1-6-39(27)10-13)12-42-26-37-21-16(24(38-26)40-7-4-14(40)11-41)8-17(28(32,33)34)19(20(21)31)15-2-3-18(30)23-22(15)36-25(35)43-23/h2-3,8,13-14,41H,1,4-7,9-12H2,(H2,35,36)/t13-,14-,27+/m1/s1. The molecule has 3 N–H and O–H groups in total. The highest BCUT2D eigenvalue weighted by Crippen LogP contribution is 2.47. The predicted octanol–water partition coefficient (Wildman–Crippen LogP) is 5.31. The number of aliphatic hydroxyl groups is 1. The van der Waals surface area contributed by atoms with Crippen molar-refractivity contribution in [2.24, 2.45) is 0 Å². The van der Waals surface area contributed by atoms with Crippen molar-refractivity contribution in [3.05, 3.63) is 35.4 Å². The lowest BCUT2D eigenvalue weighted by Crippen LogP contribution is -2.50. The van der Waals surface area contributed by atoms with E-state index in [1.807, 2.05) is 4.90 Å². The van der Waals surface area contributed by atoms with E-state index in [-0.39, 0.29) is 64.3 Å². The summed E-state index contributed by atoms with van der Waals surface area (Å²) in [7, 11) is 0. The van der Waals surface area contributed by atoms with Crippen molar-refractivity contribution >= 4 is 43.4 Å². The van der Waals surface area contributed by atoms with E-state index < -0.39 is 52.2 Å². The number of nitrogen functional groups attached to an aromatic ring is 1. The molecule has 228 valence electrons. The first kappa shape index (κ1) is 28.3. The van der Waals surface area contributed by atoms with Gasteiger partial charge in [-0.15, -0.1) is 0 Å². The number of ether oxygens (including phenoxy) is 1. The van der Waals surface area contributed by atoms with Gasteiger partial charge in [-0.1, -0.05) is 11.3 Å². The van der Waals surface area contributed by atoms with Crippen molar-refractivity contribution in [1.29, 1.82) is 0 Å². The van der Waals surface area contributed by atoms with Crippen LogP contribution in [-0.2, 0) is 6.18 Å². The van der Waals surface area contributed by atoms with E-state index in [2.05, 4.69) is 15.0 Å². The van der Waals surface area contributed by atoms with Crippen molar-refractivity contribution in [2.75, 3.05) is 43.5 Å². The van der Waals surface area contributed by atoms with Crippen LogP contribution in [0, 0.1) is 11.6 Å². The first-order valence-electron chi connectivity index (χ1n) is 13.8. The van der Waals surface area contributed by atoms with Crippen LogP contribution in [0.25, 0.3) is 32.2 Å². The average molecular weight is 625 g/mol. The fraction of sp³-hybridized carbons (Fsp3) is 0.464. The third-order valence-corrected chi connectivity index (χ3v) is 9.73. The summed E-state index contributed by atoms with van der Waals surface area (Å²) in [5.74, 6) is -2.08. The molecular weight excluding hydrogens is 598 g/mol. The second-order valence-electron chi connectivity index (χ2n) is 11.3. The van der Waals surface area contributed by atoms with Gasteiger partial charge >= 0.3 is 12.2 Å². The van der Waals surface area contributed by atoms with Gasteiger partial charge in [0.25, 0.3) is 0 Å². The van der Waals surface area contributed by atoms with E-state index in [1.54, 1.807) is 4.90 Å². The number of fused-ring (bicyclic) bond motifs is 3. The smallest absolute Gasteiger partial charge is 0.417 e. The molecule has 3 fully saturated rings. The van der Waals surface area contributed by atoms with Gasteiger partial charge in [0, 0.05) is 36.0 Å². The minimum absolute atomic E-state index is 0.0148. The Kier molecular flexibility index (Phi) is 6.63. The lowest BCUT2D eigenvalue weighted by atomic mass is 9.94. The first-order valence-corrected chi connectivity index (χ1v) is 14.7. The number of halogens is 6. The summed E-state index contributed by atoms with van der Waals surface area (Å²) >= 11 is 0.740. The van der Waals surface area contributed by atoms with Crippen LogP contribution in [0.5, 0.6) is 6.01 Å². The molecule has 8 nitrogen and oxygen atoms in total. The van der Waals surface area contributed by atoms with Gasteiger partial charge < -0.3 is 20.5 Å². The third kappa shape index (κ3) is 4.54. The van der Waals surface area contributed by atoms with Gasteiger partial charge in [-0.25, -0.2) is 18.2 Å². The summed E-state index contributed by atoms with van der Waals surface area (Å²) in [5, 5.41) is 9.52. The van der Waals surface area contributed by atoms with Crippen LogP contribution >= 0.6 is 11.3 Å². The zero-order valence-corrected chi connectivity index (χ0v) is 23.4. The molecule has 43 heavy (non-hydrogen) atoms. The number of benzene rings is 2. The number of hydrogen-bond donors (Lipinski definition) is 2. The van der Waals surface area contributed by atoms with Gasteiger partial charge in [0.15, 0.2) is 10.9 Å². The highest BCUT2D eigenvalue weighted by molar-refractivity contribution is 7.22. The summed E-state index contributed by atoms with van der Waals surface area (Å²) in [6, 6.07) is 2.03. The zero-order chi connectivity index (χ0) is 30.3. The van der Waals surface area contributed by atoms with Crippen LogP contribution in [0.1, 0.15) is 31.2 Å². The van der Waals surface area contributed by atoms with Gasteiger partial charge in [-0.05, 0) is 44.0 Å². The largest absolute Gasteiger partial charge is 0.461 e. The maximum atomic E-state index is 16.6. The predicted molar refractivity (Wildman–Crippen MR) is 149 cm³/mol. The molecule has 4 aromatic rings. The maximum Gasteiger partial charge on any atom is 0.417 e. The molecule has 15 heteroatoms. The number of alkyl halides is 4. The molecular formula is C28H26F6N6O2S. The van der Waals surface area contributed by atoms with Gasteiger partial charge in [-0.3, -0.25) is 4.90 Å². The number of rotatable bonds is 6. The Morgan fingerprint density at radius 3 is 2.67 bits per heavy atom. The molecule has 3 aliphatic rings. The average Bonchev–Trinajstić information content (AvgIpc) is 3.59. The Balaban J connectivity index is 1.43. The number of aliphatic hydroxyl groups excluding tert-OH is 1. The van der Waals surface area contributed by atoms with Crippen molar-refractivity contribution in [1.82, 2.24) is 19.9 Å². The molecule has 3 atom stereocenters. The Hall–Kier alpha value is -3.43.